The van der Waals surface area contributed by atoms with Crippen molar-refractivity contribution >= 4 is 34.4 Å². The number of aliphatic hydroxyl groups excluding tert-OH is 2. The fourth-order valence-electron chi connectivity index (χ4n) is 4.34. The average Bonchev–Trinajstić information content (AvgIpc) is 2.74. The van der Waals surface area contributed by atoms with Gasteiger partial charge in [0, 0.05) is 28.4 Å². The van der Waals surface area contributed by atoms with Crippen LogP contribution < -0.4 is 5.43 Å². The Morgan fingerprint density at radius 1 is 0.806 bits per heavy atom. The van der Waals surface area contributed by atoms with Gasteiger partial charge in [-0.25, -0.2) is 10.4 Å². The van der Waals surface area contributed by atoms with Gasteiger partial charge < -0.3 is 10.2 Å². The van der Waals surface area contributed by atoms with Gasteiger partial charge in [0.1, 0.15) is 0 Å². The Bertz CT molecular complexity index is 1060. The molecule has 9 heteroatoms. The Labute approximate surface area is 178 Å². The lowest BCUT2D eigenvalue weighted by Gasteiger charge is -2.35. The second kappa shape index (κ2) is 7.84. The lowest BCUT2D eigenvalue weighted by atomic mass is 9.85. The number of benzene rings is 2. The van der Waals surface area contributed by atoms with E-state index in [2.05, 4.69) is 5.43 Å². The topological polar surface area (TPSA) is 127 Å². The zero-order valence-corrected chi connectivity index (χ0v) is 17.2. The van der Waals surface area contributed by atoms with Gasteiger partial charge >= 0.3 is 0 Å². The molecule has 3 N–H and O–H groups in total. The highest BCUT2D eigenvalue weighted by Crippen LogP contribution is 2.38. The zero-order valence-electron chi connectivity index (χ0n) is 17.2. The molecule has 2 aromatic rings. The van der Waals surface area contributed by atoms with Crippen molar-refractivity contribution in [3.63, 3.8) is 0 Å². The van der Waals surface area contributed by atoms with E-state index in [1.165, 1.54) is 24.3 Å². The number of imide groups is 2. The highest BCUT2D eigenvalue weighted by atomic mass is 16.3. The van der Waals surface area contributed by atoms with Crippen molar-refractivity contribution in [2.75, 3.05) is 19.8 Å². The van der Waals surface area contributed by atoms with Gasteiger partial charge in [-0.3, -0.25) is 24.1 Å². The monoisotopic (exact) mass is 425 g/mol. The summed E-state index contributed by atoms with van der Waals surface area (Å²) < 4.78 is 0. The van der Waals surface area contributed by atoms with Gasteiger partial charge in [-0.2, -0.15) is 0 Å². The van der Waals surface area contributed by atoms with Crippen LogP contribution in [-0.2, 0) is 0 Å². The van der Waals surface area contributed by atoms with Crippen molar-refractivity contribution in [3.05, 3.63) is 46.5 Å². The minimum absolute atomic E-state index is 0.0104. The Morgan fingerprint density at radius 2 is 1.26 bits per heavy atom. The van der Waals surface area contributed by atoms with E-state index in [1.807, 2.05) is 13.8 Å². The molecule has 0 saturated heterocycles. The summed E-state index contributed by atoms with van der Waals surface area (Å²) in [7, 11) is 0. The molecule has 9 nitrogen and oxygen atoms in total. The Hall–Kier alpha value is -3.14. The molecule has 1 unspecified atom stereocenters. The molecule has 0 bridgehead atoms. The van der Waals surface area contributed by atoms with Crippen LogP contribution in [0.2, 0.25) is 0 Å². The molecule has 1 atom stereocenters. The van der Waals surface area contributed by atoms with E-state index in [1.54, 1.807) is 0 Å². The summed E-state index contributed by atoms with van der Waals surface area (Å²) in [6.07, 6.45) is 0.449. The van der Waals surface area contributed by atoms with Crippen LogP contribution >= 0.6 is 0 Å². The molecule has 162 valence electrons. The molecule has 2 aliphatic rings. The van der Waals surface area contributed by atoms with E-state index in [0.717, 1.165) is 9.91 Å². The summed E-state index contributed by atoms with van der Waals surface area (Å²) in [5.74, 6) is -2.19. The van der Waals surface area contributed by atoms with E-state index >= 15 is 0 Å². The number of rotatable bonds is 7. The summed E-state index contributed by atoms with van der Waals surface area (Å²) in [5.41, 5.74) is 3.41. The number of carbonyl (C=O) groups is 4. The first kappa shape index (κ1) is 21.1. The van der Waals surface area contributed by atoms with Crippen LogP contribution in [0.25, 0.3) is 10.8 Å². The van der Waals surface area contributed by atoms with Crippen LogP contribution in [0.4, 0.5) is 0 Å². The fourth-order valence-corrected chi connectivity index (χ4v) is 4.34. The SMILES string of the molecule is CC(C)CC(CO)N1C(=O)c2ccc3c4c(ccc(c24)C1=O)C(=O)N(NCCO)C3=O. The maximum atomic E-state index is 13.3. The van der Waals surface area contributed by atoms with Crippen molar-refractivity contribution in [1.82, 2.24) is 15.3 Å². The number of hydrazine groups is 1. The van der Waals surface area contributed by atoms with Gasteiger partial charge in [-0.05, 0) is 36.6 Å². The van der Waals surface area contributed by atoms with Crippen LogP contribution in [0, 0.1) is 5.92 Å². The Morgan fingerprint density at radius 3 is 1.65 bits per heavy atom. The number of hydrogen-bond acceptors (Lipinski definition) is 7. The average molecular weight is 425 g/mol. The molecule has 0 aromatic heterocycles. The molecule has 4 rings (SSSR count). The van der Waals surface area contributed by atoms with Crippen LogP contribution in [-0.4, -0.2) is 69.6 Å². The molecule has 0 saturated carbocycles. The predicted octanol–water partition coefficient (Wildman–Crippen LogP) is 0.936. The minimum atomic E-state index is -0.670. The van der Waals surface area contributed by atoms with Crippen molar-refractivity contribution in [2.24, 2.45) is 5.92 Å². The highest BCUT2D eigenvalue weighted by Gasteiger charge is 2.41. The molecule has 0 fully saturated rings. The quantitative estimate of drug-likeness (QED) is 0.563. The fraction of sp³-hybridized carbons (Fsp3) is 0.364. The first-order valence-corrected chi connectivity index (χ1v) is 10.1. The predicted molar refractivity (Wildman–Crippen MR) is 110 cm³/mol. The lowest BCUT2D eigenvalue weighted by molar-refractivity contribution is 0.0438. The van der Waals surface area contributed by atoms with E-state index in [9.17, 15) is 24.3 Å². The minimum Gasteiger partial charge on any atom is -0.395 e. The van der Waals surface area contributed by atoms with Crippen LogP contribution in [0.15, 0.2) is 24.3 Å². The number of hydrogen-bond donors (Lipinski definition) is 3. The van der Waals surface area contributed by atoms with Gasteiger partial charge in [0.15, 0.2) is 0 Å². The standard InChI is InChI=1S/C22H23N3O6/c1-11(2)9-12(10-27)24-19(28)13-3-5-15-18-16(6-4-14(17(13)18)20(24)29)22(31)25(21(15)30)23-7-8-26/h3-6,11-12,23,26-27H,7-10H2,1-2H3. The Kier molecular flexibility index (Phi) is 5.34. The van der Waals surface area contributed by atoms with E-state index < -0.39 is 29.7 Å². The molecular formula is C22H23N3O6. The summed E-state index contributed by atoms with van der Waals surface area (Å²) >= 11 is 0. The molecular weight excluding hydrogens is 402 g/mol. The highest BCUT2D eigenvalue weighted by molar-refractivity contribution is 6.33. The normalized spacial score (nSPS) is 16.7. The lowest BCUT2D eigenvalue weighted by Crippen LogP contribution is -2.51. The maximum Gasteiger partial charge on any atom is 0.275 e. The van der Waals surface area contributed by atoms with E-state index in [-0.39, 0.29) is 58.7 Å². The third-order valence-electron chi connectivity index (χ3n) is 5.63. The van der Waals surface area contributed by atoms with Crippen molar-refractivity contribution < 1.29 is 29.4 Å². The van der Waals surface area contributed by atoms with Gasteiger partial charge in [0.2, 0.25) is 0 Å². The maximum absolute atomic E-state index is 13.3. The van der Waals surface area contributed by atoms with Crippen molar-refractivity contribution in [3.8, 4) is 0 Å². The third-order valence-corrected chi connectivity index (χ3v) is 5.63. The number of nitrogens with zero attached hydrogens (tertiary/aromatic N) is 2. The molecule has 2 aromatic carbocycles. The number of aliphatic hydroxyl groups is 2. The second-order valence-corrected chi connectivity index (χ2v) is 8.10. The molecule has 0 spiro atoms. The second-order valence-electron chi connectivity index (χ2n) is 8.10. The molecule has 2 aliphatic heterocycles. The summed E-state index contributed by atoms with van der Waals surface area (Å²) in [4.78, 5) is 53.4. The van der Waals surface area contributed by atoms with Gasteiger partial charge in [0.05, 0.1) is 30.4 Å². The number of carbonyl (C=O) groups excluding carboxylic acids is 4. The van der Waals surface area contributed by atoms with Gasteiger partial charge in [-0.1, -0.05) is 13.8 Å². The van der Waals surface area contributed by atoms with E-state index in [4.69, 9.17) is 5.11 Å². The summed E-state index contributed by atoms with van der Waals surface area (Å²) in [6, 6.07) is 5.23. The van der Waals surface area contributed by atoms with Crippen molar-refractivity contribution in [1.29, 1.82) is 0 Å². The van der Waals surface area contributed by atoms with E-state index in [0.29, 0.717) is 6.42 Å². The Balaban J connectivity index is 1.89. The first-order valence-electron chi connectivity index (χ1n) is 10.1. The smallest absolute Gasteiger partial charge is 0.275 e. The van der Waals surface area contributed by atoms with Gasteiger partial charge in [0.25, 0.3) is 23.6 Å². The van der Waals surface area contributed by atoms with Crippen LogP contribution in [0.3, 0.4) is 0 Å². The number of nitrogens with one attached hydrogen (secondary N) is 1. The largest absolute Gasteiger partial charge is 0.395 e. The molecule has 4 amide bonds. The molecule has 0 radical (unpaired) electrons. The molecule has 31 heavy (non-hydrogen) atoms. The summed E-state index contributed by atoms with van der Waals surface area (Å²) in [5, 5.41) is 20.3. The van der Waals surface area contributed by atoms with Crippen molar-refractivity contribution in [2.45, 2.75) is 26.3 Å². The number of amides is 4. The van der Waals surface area contributed by atoms with Crippen LogP contribution in [0.1, 0.15) is 61.7 Å². The first-order chi connectivity index (χ1) is 14.8. The molecule has 2 heterocycles. The van der Waals surface area contributed by atoms with Gasteiger partial charge in [-0.15, -0.1) is 0 Å². The molecule has 0 aliphatic carbocycles. The van der Waals surface area contributed by atoms with Crippen LogP contribution in [0.5, 0.6) is 0 Å². The zero-order chi connectivity index (χ0) is 22.4. The third kappa shape index (κ3) is 3.13. The summed E-state index contributed by atoms with van der Waals surface area (Å²) in [6.45, 7) is 3.27.